The number of thioether (sulfide) groups is 1. The molecule has 0 atom stereocenters. The predicted molar refractivity (Wildman–Crippen MR) is 89.6 cm³/mol. The lowest BCUT2D eigenvalue weighted by atomic mass is 10.2. The fourth-order valence-corrected chi connectivity index (χ4v) is 3.26. The third kappa shape index (κ3) is 4.56. The summed E-state index contributed by atoms with van der Waals surface area (Å²) in [6.07, 6.45) is 0. The van der Waals surface area contributed by atoms with Gasteiger partial charge in [0.05, 0.1) is 4.92 Å². The number of halogens is 1. The molecule has 0 heterocycles. The van der Waals surface area contributed by atoms with E-state index in [4.69, 9.17) is 0 Å². The molecular weight excluding hydrogens is 352 g/mol. The van der Waals surface area contributed by atoms with Crippen LogP contribution in [-0.2, 0) is 12.3 Å². The van der Waals surface area contributed by atoms with E-state index in [1.54, 1.807) is 23.9 Å². The zero-order chi connectivity index (χ0) is 15.2. The fraction of sp³-hybridized carbons (Fsp3) is 0.200. The van der Waals surface area contributed by atoms with Crippen molar-refractivity contribution in [3.05, 3.63) is 68.2 Å². The Bertz CT molecular complexity index is 649. The van der Waals surface area contributed by atoms with E-state index in [1.165, 1.54) is 5.56 Å². The standard InChI is InChI=1S/C15H15BrN2O2S/c1-17-9-11-3-2-4-14(7-11)21-10-12-5-6-13(16)8-15(12)18(19)20/h2-8,17H,9-10H2,1H3. The van der Waals surface area contributed by atoms with Gasteiger partial charge in [-0.05, 0) is 30.8 Å². The molecule has 4 nitrogen and oxygen atoms in total. The minimum Gasteiger partial charge on any atom is -0.316 e. The number of rotatable bonds is 6. The zero-order valence-corrected chi connectivity index (χ0v) is 13.9. The van der Waals surface area contributed by atoms with Crippen molar-refractivity contribution in [1.82, 2.24) is 5.32 Å². The quantitative estimate of drug-likeness (QED) is 0.468. The number of hydrogen-bond donors (Lipinski definition) is 1. The van der Waals surface area contributed by atoms with Gasteiger partial charge in [0.25, 0.3) is 5.69 Å². The van der Waals surface area contributed by atoms with E-state index >= 15 is 0 Å². The van der Waals surface area contributed by atoms with Crippen molar-refractivity contribution < 1.29 is 4.92 Å². The van der Waals surface area contributed by atoms with Crippen LogP contribution in [0.5, 0.6) is 0 Å². The SMILES string of the molecule is CNCc1cccc(SCc2ccc(Br)cc2[N+](=O)[O-])c1. The molecule has 0 aliphatic carbocycles. The average Bonchev–Trinajstić information content (AvgIpc) is 2.46. The number of nitro groups is 1. The largest absolute Gasteiger partial charge is 0.316 e. The molecule has 0 fully saturated rings. The summed E-state index contributed by atoms with van der Waals surface area (Å²) >= 11 is 4.87. The van der Waals surface area contributed by atoms with Crippen LogP contribution in [0.2, 0.25) is 0 Å². The molecule has 0 aliphatic heterocycles. The van der Waals surface area contributed by atoms with Crippen molar-refractivity contribution in [1.29, 1.82) is 0 Å². The van der Waals surface area contributed by atoms with Gasteiger partial charge in [0.2, 0.25) is 0 Å². The molecule has 110 valence electrons. The second-order valence-corrected chi connectivity index (χ2v) is 6.46. The molecule has 6 heteroatoms. The molecule has 0 bridgehead atoms. The van der Waals surface area contributed by atoms with Crippen LogP contribution in [0.15, 0.2) is 51.8 Å². The average molecular weight is 367 g/mol. The normalized spacial score (nSPS) is 10.6. The molecule has 0 unspecified atom stereocenters. The maximum Gasteiger partial charge on any atom is 0.274 e. The zero-order valence-electron chi connectivity index (χ0n) is 11.5. The molecule has 0 aliphatic rings. The van der Waals surface area contributed by atoms with E-state index in [0.717, 1.165) is 21.5 Å². The molecule has 0 saturated carbocycles. The maximum atomic E-state index is 11.1. The fourth-order valence-electron chi connectivity index (χ4n) is 1.94. The van der Waals surface area contributed by atoms with E-state index in [0.29, 0.717) is 5.75 Å². The molecule has 21 heavy (non-hydrogen) atoms. The first-order chi connectivity index (χ1) is 10.1. The Morgan fingerprint density at radius 2 is 2.10 bits per heavy atom. The molecule has 0 aromatic heterocycles. The highest BCUT2D eigenvalue weighted by molar-refractivity contribution is 9.10. The van der Waals surface area contributed by atoms with E-state index in [9.17, 15) is 10.1 Å². The van der Waals surface area contributed by atoms with Crippen LogP contribution < -0.4 is 5.32 Å². The van der Waals surface area contributed by atoms with E-state index in [1.807, 2.05) is 25.2 Å². The highest BCUT2D eigenvalue weighted by Gasteiger charge is 2.14. The molecule has 0 amide bonds. The number of nitrogens with one attached hydrogen (secondary N) is 1. The summed E-state index contributed by atoms with van der Waals surface area (Å²) in [6.45, 7) is 0.812. The summed E-state index contributed by atoms with van der Waals surface area (Å²) in [5.74, 6) is 0.576. The lowest BCUT2D eigenvalue weighted by molar-refractivity contribution is -0.385. The Hall–Kier alpha value is -1.37. The van der Waals surface area contributed by atoms with Crippen molar-refractivity contribution in [3.8, 4) is 0 Å². The van der Waals surface area contributed by atoms with Crippen LogP contribution in [0.25, 0.3) is 0 Å². The Labute approximate surface area is 136 Å². The van der Waals surface area contributed by atoms with E-state index in [2.05, 4.69) is 33.4 Å². The predicted octanol–water partition coefficient (Wildman–Crippen LogP) is 4.37. The number of benzene rings is 2. The van der Waals surface area contributed by atoms with Crippen molar-refractivity contribution in [2.45, 2.75) is 17.2 Å². The van der Waals surface area contributed by atoms with Crippen LogP contribution in [-0.4, -0.2) is 12.0 Å². The molecule has 1 N–H and O–H groups in total. The Kier molecular flexibility index (Phi) is 5.78. The highest BCUT2D eigenvalue weighted by atomic mass is 79.9. The van der Waals surface area contributed by atoms with Crippen LogP contribution >= 0.6 is 27.7 Å². The monoisotopic (exact) mass is 366 g/mol. The van der Waals surface area contributed by atoms with Gasteiger partial charge in [-0.1, -0.05) is 34.1 Å². The smallest absolute Gasteiger partial charge is 0.274 e. The molecule has 0 saturated heterocycles. The van der Waals surface area contributed by atoms with Gasteiger partial charge in [-0.3, -0.25) is 10.1 Å². The van der Waals surface area contributed by atoms with Gasteiger partial charge < -0.3 is 5.32 Å². The summed E-state index contributed by atoms with van der Waals surface area (Å²) in [5.41, 5.74) is 2.09. The maximum absolute atomic E-state index is 11.1. The Balaban J connectivity index is 2.13. The van der Waals surface area contributed by atoms with Crippen LogP contribution in [0.4, 0.5) is 5.69 Å². The topological polar surface area (TPSA) is 55.2 Å². The van der Waals surface area contributed by atoms with Crippen LogP contribution in [0.3, 0.4) is 0 Å². The third-order valence-corrected chi connectivity index (χ3v) is 4.45. The van der Waals surface area contributed by atoms with Gasteiger partial charge in [-0.2, -0.15) is 0 Å². The van der Waals surface area contributed by atoms with Gasteiger partial charge in [-0.15, -0.1) is 11.8 Å². The molecule has 2 aromatic rings. The highest BCUT2D eigenvalue weighted by Crippen LogP contribution is 2.30. The van der Waals surface area contributed by atoms with Crippen molar-refractivity contribution in [2.75, 3.05) is 7.05 Å². The molecule has 0 radical (unpaired) electrons. The van der Waals surface area contributed by atoms with Gasteiger partial charge in [0, 0.05) is 33.3 Å². The lowest BCUT2D eigenvalue weighted by Gasteiger charge is -2.06. The van der Waals surface area contributed by atoms with Crippen LogP contribution in [0, 0.1) is 10.1 Å². The number of nitro benzene ring substituents is 1. The summed E-state index contributed by atoms with van der Waals surface area (Å²) in [6, 6.07) is 13.4. The first-order valence-electron chi connectivity index (χ1n) is 6.39. The first-order valence-corrected chi connectivity index (χ1v) is 8.17. The van der Waals surface area contributed by atoms with Gasteiger partial charge >= 0.3 is 0 Å². The summed E-state index contributed by atoms with van der Waals surface area (Å²) in [7, 11) is 1.91. The summed E-state index contributed by atoms with van der Waals surface area (Å²) < 4.78 is 0.721. The number of nitrogens with zero attached hydrogens (tertiary/aromatic N) is 1. The van der Waals surface area contributed by atoms with Gasteiger partial charge in [-0.25, -0.2) is 0 Å². The van der Waals surface area contributed by atoms with Crippen LogP contribution in [0.1, 0.15) is 11.1 Å². The number of hydrogen-bond acceptors (Lipinski definition) is 4. The van der Waals surface area contributed by atoms with Crippen molar-refractivity contribution in [3.63, 3.8) is 0 Å². The molecule has 2 aromatic carbocycles. The molecule has 0 spiro atoms. The molecular formula is C15H15BrN2O2S. The lowest BCUT2D eigenvalue weighted by Crippen LogP contribution is -2.04. The Morgan fingerprint density at radius 1 is 1.29 bits per heavy atom. The van der Waals surface area contributed by atoms with Crippen molar-refractivity contribution >= 4 is 33.4 Å². The van der Waals surface area contributed by atoms with Crippen molar-refractivity contribution in [2.24, 2.45) is 0 Å². The van der Waals surface area contributed by atoms with E-state index < -0.39 is 0 Å². The summed E-state index contributed by atoms with van der Waals surface area (Å²) in [4.78, 5) is 11.9. The summed E-state index contributed by atoms with van der Waals surface area (Å²) in [5, 5.41) is 14.2. The van der Waals surface area contributed by atoms with Gasteiger partial charge in [0.1, 0.15) is 0 Å². The third-order valence-electron chi connectivity index (χ3n) is 2.92. The minimum absolute atomic E-state index is 0.156. The second-order valence-electron chi connectivity index (χ2n) is 4.50. The first kappa shape index (κ1) is 16.0. The van der Waals surface area contributed by atoms with Gasteiger partial charge in [0.15, 0.2) is 0 Å². The Morgan fingerprint density at radius 3 is 2.81 bits per heavy atom. The molecule has 2 rings (SSSR count). The minimum atomic E-state index is -0.335. The second kappa shape index (κ2) is 7.59. The van der Waals surface area contributed by atoms with E-state index in [-0.39, 0.29) is 10.6 Å².